The summed E-state index contributed by atoms with van der Waals surface area (Å²) in [6, 6.07) is 5.90. The van der Waals surface area contributed by atoms with Crippen molar-refractivity contribution < 1.29 is 14.7 Å². The molecule has 0 unspecified atom stereocenters. The molecule has 20 heavy (non-hydrogen) atoms. The number of fused-ring (bicyclic) bond motifs is 1. The van der Waals surface area contributed by atoms with Crippen molar-refractivity contribution in [2.45, 2.75) is 26.2 Å². The maximum atomic E-state index is 12.0. The lowest BCUT2D eigenvalue weighted by molar-refractivity contribution is -0.136. The third-order valence-electron chi connectivity index (χ3n) is 3.55. The van der Waals surface area contributed by atoms with Gasteiger partial charge < -0.3 is 14.9 Å². The fraction of sp³-hybridized carbons (Fsp3) is 0.467. The Morgan fingerprint density at radius 1 is 1.45 bits per heavy atom. The van der Waals surface area contributed by atoms with Crippen LogP contribution in [0.5, 0.6) is 0 Å². The summed E-state index contributed by atoms with van der Waals surface area (Å²) in [4.78, 5) is 26.3. The van der Waals surface area contributed by atoms with E-state index < -0.39 is 5.97 Å². The standard InChI is InChI=1S/C15H20N2O3/c1-3-7-17-13-5-4-12(9-11(13)10-14(17)18)16(2)8-6-15(19)20/h4-5,9H,3,6-8,10H2,1-2H3,(H,19,20). The number of anilines is 2. The van der Waals surface area contributed by atoms with Gasteiger partial charge in [0.2, 0.25) is 5.91 Å². The first kappa shape index (κ1) is 14.4. The molecule has 1 heterocycles. The average molecular weight is 276 g/mol. The molecular formula is C15H20N2O3. The van der Waals surface area contributed by atoms with Gasteiger partial charge >= 0.3 is 5.97 Å². The van der Waals surface area contributed by atoms with Crippen molar-refractivity contribution in [2.75, 3.05) is 29.9 Å². The number of benzene rings is 1. The van der Waals surface area contributed by atoms with Gasteiger partial charge in [-0.3, -0.25) is 9.59 Å². The molecule has 0 saturated heterocycles. The number of carbonyl (C=O) groups is 2. The van der Waals surface area contributed by atoms with Crippen molar-refractivity contribution >= 4 is 23.3 Å². The molecule has 1 N–H and O–H groups in total. The van der Waals surface area contributed by atoms with Crippen molar-refractivity contribution in [1.29, 1.82) is 0 Å². The van der Waals surface area contributed by atoms with Crippen molar-refractivity contribution in [3.63, 3.8) is 0 Å². The molecule has 0 spiro atoms. The predicted octanol–water partition coefficient (Wildman–Crippen LogP) is 1.90. The van der Waals surface area contributed by atoms with Crippen LogP contribution >= 0.6 is 0 Å². The van der Waals surface area contributed by atoms with Crippen LogP contribution in [0.4, 0.5) is 11.4 Å². The van der Waals surface area contributed by atoms with Gasteiger partial charge in [-0.05, 0) is 30.2 Å². The van der Waals surface area contributed by atoms with Crippen LogP contribution in [-0.4, -0.2) is 37.1 Å². The highest BCUT2D eigenvalue weighted by Gasteiger charge is 2.26. The zero-order chi connectivity index (χ0) is 14.7. The molecule has 0 saturated carbocycles. The quantitative estimate of drug-likeness (QED) is 0.862. The van der Waals surface area contributed by atoms with Crippen molar-refractivity contribution in [3.05, 3.63) is 23.8 Å². The van der Waals surface area contributed by atoms with Crippen molar-refractivity contribution in [2.24, 2.45) is 0 Å². The number of hydrogen-bond donors (Lipinski definition) is 1. The molecule has 0 aromatic heterocycles. The van der Waals surface area contributed by atoms with E-state index in [1.807, 2.05) is 35.0 Å². The third kappa shape index (κ3) is 2.92. The molecule has 1 aliphatic rings. The summed E-state index contributed by atoms with van der Waals surface area (Å²) in [5.74, 6) is -0.658. The Bertz CT molecular complexity index is 528. The Balaban J connectivity index is 2.15. The van der Waals surface area contributed by atoms with E-state index in [1.165, 1.54) is 0 Å². The van der Waals surface area contributed by atoms with Gasteiger partial charge in [-0.1, -0.05) is 6.92 Å². The number of hydrogen-bond acceptors (Lipinski definition) is 3. The molecule has 1 aliphatic heterocycles. The lowest BCUT2D eigenvalue weighted by Crippen LogP contribution is -2.27. The van der Waals surface area contributed by atoms with Gasteiger partial charge in [0.15, 0.2) is 0 Å². The summed E-state index contributed by atoms with van der Waals surface area (Å²) >= 11 is 0. The molecular weight excluding hydrogens is 256 g/mol. The molecule has 0 fully saturated rings. The smallest absolute Gasteiger partial charge is 0.305 e. The highest BCUT2D eigenvalue weighted by atomic mass is 16.4. The van der Waals surface area contributed by atoms with Gasteiger partial charge in [-0.25, -0.2) is 0 Å². The lowest BCUT2D eigenvalue weighted by Gasteiger charge is -2.20. The fourth-order valence-electron chi connectivity index (χ4n) is 2.47. The third-order valence-corrected chi connectivity index (χ3v) is 3.55. The van der Waals surface area contributed by atoms with E-state index >= 15 is 0 Å². The van der Waals surface area contributed by atoms with Gasteiger partial charge in [-0.2, -0.15) is 0 Å². The molecule has 108 valence electrons. The number of nitrogens with zero attached hydrogens (tertiary/aromatic N) is 2. The van der Waals surface area contributed by atoms with Crippen molar-refractivity contribution in [3.8, 4) is 0 Å². The summed E-state index contributed by atoms with van der Waals surface area (Å²) in [5, 5.41) is 8.71. The van der Waals surface area contributed by atoms with Crippen LogP contribution in [0.1, 0.15) is 25.3 Å². The van der Waals surface area contributed by atoms with Crippen LogP contribution in [0.3, 0.4) is 0 Å². The van der Waals surface area contributed by atoms with Gasteiger partial charge in [0.25, 0.3) is 0 Å². The summed E-state index contributed by atoms with van der Waals surface area (Å²) in [5.41, 5.74) is 2.98. The summed E-state index contributed by atoms with van der Waals surface area (Å²) < 4.78 is 0. The Morgan fingerprint density at radius 2 is 2.20 bits per heavy atom. The lowest BCUT2D eigenvalue weighted by atomic mass is 10.1. The number of carboxylic acids is 1. The highest BCUT2D eigenvalue weighted by molar-refractivity contribution is 6.01. The second-order valence-electron chi connectivity index (χ2n) is 5.10. The van der Waals surface area contributed by atoms with Gasteiger partial charge in [0.1, 0.15) is 0 Å². The van der Waals surface area contributed by atoms with Gasteiger partial charge in [-0.15, -0.1) is 0 Å². The molecule has 0 radical (unpaired) electrons. The van der Waals surface area contributed by atoms with E-state index in [1.54, 1.807) is 0 Å². The second-order valence-corrected chi connectivity index (χ2v) is 5.10. The highest BCUT2D eigenvalue weighted by Crippen LogP contribution is 2.32. The Kier molecular flexibility index (Phi) is 4.27. The number of rotatable bonds is 6. The first-order valence-corrected chi connectivity index (χ1v) is 6.89. The van der Waals surface area contributed by atoms with Crippen LogP contribution < -0.4 is 9.80 Å². The molecule has 5 heteroatoms. The normalized spacial score (nSPS) is 13.5. The molecule has 1 aromatic rings. The van der Waals surface area contributed by atoms with Crippen LogP contribution in [0.2, 0.25) is 0 Å². The molecule has 0 aliphatic carbocycles. The molecule has 5 nitrogen and oxygen atoms in total. The number of aliphatic carboxylic acids is 1. The maximum Gasteiger partial charge on any atom is 0.305 e. The SMILES string of the molecule is CCCN1C(=O)Cc2cc(N(C)CCC(=O)O)ccc21. The molecule has 1 aromatic carbocycles. The average Bonchev–Trinajstić information content (AvgIpc) is 2.72. The first-order valence-electron chi connectivity index (χ1n) is 6.89. The molecule has 2 rings (SSSR count). The van der Waals surface area contributed by atoms with Crippen LogP contribution in [0.25, 0.3) is 0 Å². The van der Waals surface area contributed by atoms with E-state index in [0.717, 1.165) is 29.9 Å². The van der Waals surface area contributed by atoms with E-state index in [9.17, 15) is 9.59 Å². The molecule has 1 amide bonds. The zero-order valence-corrected chi connectivity index (χ0v) is 11.9. The summed E-state index contributed by atoms with van der Waals surface area (Å²) in [6.45, 7) is 3.26. The number of carbonyl (C=O) groups excluding carboxylic acids is 1. The topological polar surface area (TPSA) is 60.9 Å². The van der Waals surface area contributed by atoms with Crippen LogP contribution in [0.15, 0.2) is 18.2 Å². The monoisotopic (exact) mass is 276 g/mol. The Morgan fingerprint density at radius 3 is 2.85 bits per heavy atom. The van der Waals surface area contributed by atoms with Crippen molar-refractivity contribution in [1.82, 2.24) is 0 Å². The van der Waals surface area contributed by atoms with Gasteiger partial charge in [0.05, 0.1) is 12.8 Å². The predicted molar refractivity (Wildman–Crippen MR) is 78.3 cm³/mol. The fourth-order valence-corrected chi connectivity index (χ4v) is 2.47. The first-order chi connectivity index (χ1) is 9.52. The van der Waals surface area contributed by atoms with Crippen LogP contribution in [-0.2, 0) is 16.0 Å². The van der Waals surface area contributed by atoms with E-state index in [0.29, 0.717) is 13.0 Å². The molecule has 0 atom stereocenters. The maximum absolute atomic E-state index is 12.0. The number of carboxylic acid groups (broad SMARTS) is 1. The second kappa shape index (κ2) is 5.94. The van der Waals surface area contributed by atoms with Gasteiger partial charge in [0, 0.05) is 31.5 Å². The minimum Gasteiger partial charge on any atom is -0.481 e. The molecule has 0 bridgehead atoms. The Hall–Kier alpha value is -2.04. The largest absolute Gasteiger partial charge is 0.481 e. The minimum atomic E-state index is -0.803. The van der Waals surface area contributed by atoms with E-state index in [2.05, 4.69) is 6.92 Å². The summed E-state index contributed by atoms with van der Waals surface area (Å²) in [6.07, 6.45) is 1.48. The van der Waals surface area contributed by atoms with E-state index in [-0.39, 0.29) is 12.3 Å². The minimum absolute atomic E-state index is 0.106. The van der Waals surface area contributed by atoms with Crippen LogP contribution in [0, 0.1) is 0 Å². The number of amides is 1. The Labute approximate surface area is 118 Å². The summed E-state index contributed by atoms with van der Waals surface area (Å²) in [7, 11) is 1.87. The zero-order valence-electron chi connectivity index (χ0n) is 11.9. The van der Waals surface area contributed by atoms with E-state index in [4.69, 9.17) is 5.11 Å².